The van der Waals surface area contributed by atoms with Crippen LogP contribution in [0.5, 0.6) is 11.5 Å². The van der Waals surface area contributed by atoms with E-state index in [4.69, 9.17) is 15.2 Å². The van der Waals surface area contributed by atoms with E-state index < -0.39 is 0 Å². The van der Waals surface area contributed by atoms with Crippen molar-refractivity contribution in [2.75, 3.05) is 40.6 Å². The number of para-hydroxylation sites is 2. The second kappa shape index (κ2) is 8.31. The maximum absolute atomic E-state index is 13.0. The molecule has 2 aromatic carbocycles. The lowest BCUT2D eigenvalue weighted by molar-refractivity contribution is -0.642. The average molecular weight is 383 g/mol. The van der Waals surface area contributed by atoms with E-state index >= 15 is 0 Å². The number of hydrogen-bond donors (Lipinski definition) is 1. The van der Waals surface area contributed by atoms with Gasteiger partial charge in [-0.15, -0.1) is 0 Å². The molecule has 0 unspecified atom stereocenters. The Bertz CT molecular complexity index is 995. The van der Waals surface area contributed by atoms with Gasteiger partial charge >= 0.3 is 5.95 Å². The van der Waals surface area contributed by atoms with Gasteiger partial charge in [0.1, 0.15) is 17.6 Å². The molecule has 7 heteroatoms. The van der Waals surface area contributed by atoms with Gasteiger partial charge in [-0.25, -0.2) is 9.13 Å². The fraction of sp³-hybridized carbons (Fsp3) is 0.333. The summed E-state index contributed by atoms with van der Waals surface area (Å²) in [5.41, 5.74) is 8.94. The number of benzene rings is 2. The highest BCUT2D eigenvalue weighted by Crippen LogP contribution is 2.28. The third kappa shape index (κ3) is 3.80. The molecule has 7 nitrogen and oxygen atoms in total. The predicted molar refractivity (Wildman–Crippen MR) is 109 cm³/mol. The highest BCUT2D eigenvalue weighted by Gasteiger charge is 2.23. The van der Waals surface area contributed by atoms with E-state index in [2.05, 4.69) is 9.47 Å². The van der Waals surface area contributed by atoms with Crippen molar-refractivity contribution in [3.8, 4) is 11.5 Å². The second-order valence-electron chi connectivity index (χ2n) is 6.88. The average Bonchev–Trinajstić information content (AvgIpc) is 2.97. The lowest BCUT2D eigenvalue weighted by atomic mass is 10.1. The Morgan fingerprint density at radius 3 is 2.50 bits per heavy atom. The zero-order valence-corrected chi connectivity index (χ0v) is 16.8. The number of nitrogens with two attached hydrogens (primary N) is 1. The molecule has 148 valence electrons. The van der Waals surface area contributed by atoms with Crippen LogP contribution in [0.1, 0.15) is 10.4 Å². The molecule has 3 rings (SSSR count). The van der Waals surface area contributed by atoms with Crippen LogP contribution in [0.4, 0.5) is 5.95 Å². The summed E-state index contributed by atoms with van der Waals surface area (Å²) in [6.45, 7) is 1.75. The molecule has 0 saturated heterocycles. The van der Waals surface area contributed by atoms with Crippen molar-refractivity contribution in [1.82, 2.24) is 9.47 Å². The first-order valence-corrected chi connectivity index (χ1v) is 9.12. The lowest BCUT2D eigenvalue weighted by Gasteiger charge is -2.09. The van der Waals surface area contributed by atoms with E-state index in [0.29, 0.717) is 23.0 Å². The molecule has 0 saturated carbocycles. The van der Waals surface area contributed by atoms with Gasteiger partial charge in [0.15, 0.2) is 17.3 Å². The largest absolute Gasteiger partial charge is 0.493 e. The third-order valence-electron chi connectivity index (χ3n) is 4.79. The molecule has 2 N–H and O–H groups in total. The van der Waals surface area contributed by atoms with Crippen LogP contribution in [0.3, 0.4) is 0 Å². The van der Waals surface area contributed by atoms with Gasteiger partial charge in [0.05, 0.1) is 20.8 Å². The minimum Gasteiger partial charge on any atom is -0.493 e. The van der Waals surface area contributed by atoms with Crippen LogP contribution in [0.15, 0.2) is 42.5 Å². The summed E-state index contributed by atoms with van der Waals surface area (Å²) in [7, 11) is 7.17. The van der Waals surface area contributed by atoms with Crippen LogP contribution >= 0.6 is 0 Å². The Kier molecular flexibility index (Phi) is 5.84. The molecule has 1 aromatic heterocycles. The summed E-state index contributed by atoms with van der Waals surface area (Å²) in [6.07, 6.45) is 0. The molecule has 0 bridgehead atoms. The van der Waals surface area contributed by atoms with Crippen LogP contribution in [0, 0.1) is 0 Å². The van der Waals surface area contributed by atoms with Crippen LogP contribution in [0.2, 0.25) is 0 Å². The molecule has 3 aromatic rings. The van der Waals surface area contributed by atoms with Crippen molar-refractivity contribution >= 4 is 22.8 Å². The maximum atomic E-state index is 13.0. The summed E-state index contributed by atoms with van der Waals surface area (Å²) in [5, 5.41) is 0. The summed E-state index contributed by atoms with van der Waals surface area (Å²) in [4.78, 5) is 15.1. The van der Waals surface area contributed by atoms with Gasteiger partial charge in [-0.3, -0.25) is 10.5 Å². The van der Waals surface area contributed by atoms with Gasteiger partial charge in [0, 0.05) is 12.1 Å². The number of Topliss-reactive ketones (excluding diaryl/α,β-unsaturated/α-hetero) is 1. The summed E-state index contributed by atoms with van der Waals surface area (Å²) >= 11 is 0. The van der Waals surface area contributed by atoms with Gasteiger partial charge in [0.2, 0.25) is 0 Å². The molecule has 0 amide bonds. The second-order valence-corrected chi connectivity index (χ2v) is 6.88. The number of likely N-dealkylation sites (N-methyl/N-ethyl adjacent to an activating group) is 1. The van der Waals surface area contributed by atoms with E-state index in [1.54, 1.807) is 32.4 Å². The number of nitrogen functional groups attached to an aromatic ring is 1. The number of anilines is 1. The number of ketones is 1. The molecule has 28 heavy (non-hydrogen) atoms. The van der Waals surface area contributed by atoms with Crippen molar-refractivity contribution in [1.29, 1.82) is 0 Å². The zero-order valence-electron chi connectivity index (χ0n) is 16.8. The minimum absolute atomic E-state index is 0.0480. The first kappa shape index (κ1) is 19.7. The molecule has 0 atom stereocenters. The number of fused-ring (bicyclic) bond motifs is 1. The van der Waals surface area contributed by atoms with E-state index in [-0.39, 0.29) is 12.3 Å². The van der Waals surface area contributed by atoms with Gasteiger partial charge in [-0.2, -0.15) is 0 Å². The number of carbonyl (C=O) groups excluding carboxylic acids is 1. The van der Waals surface area contributed by atoms with Gasteiger partial charge in [-0.1, -0.05) is 12.1 Å². The van der Waals surface area contributed by atoms with Crippen molar-refractivity contribution in [2.45, 2.75) is 13.1 Å². The minimum atomic E-state index is -0.0480. The Morgan fingerprint density at radius 1 is 1.11 bits per heavy atom. The summed E-state index contributed by atoms with van der Waals surface area (Å²) < 4.78 is 14.5. The Labute approximate surface area is 164 Å². The number of aromatic nitrogens is 2. The standard InChI is InChI=1S/C21H26N4O3/c1-23(2)11-12-24-16-7-5-6-8-17(16)25(21(24)22)14-18(26)15-9-10-19(27-3)20(13-15)28-4/h5-10,13,22H,11-12,14H2,1-4H3/p+1. The molecule has 0 aliphatic carbocycles. The van der Waals surface area contributed by atoms with Crippen molar-refractivity contribution in [2.24, 2.45) is 0 Å². The fourth-order valence-corrected chi connectivity index (χ4v) is 3.26. The molecule has 0 aliphatic rings. The third-order valence-corrected chi connectivity index (χ3v) is 4.79. The molecule has 0 spiro atoms. The van der Waals surface area contributed by atoms with Crippen molar-refractivity contribution in [3.63, 3.8) is 0 Å². The van der Waals surface area contributed by atoms with Gasteiger partial charge < -0.3 is 14.4 Å². The van der Waals surface area contributed by atoms with Crippen LogP contribution < -0.4 is 19.8 Å². The Hall–Kier alpha value is -3.06. The number of hydrogen-bond acceptors (Lipinski definition) is 5. The Balaban J connectivity index is 1.96. The molecule has 0 aliphatic heterocycles. The van der Waals surface area contributed by atoms with Crippen LogP contribution in [0.25, 0.3) is 11.0 Å². The first-order valence-electron chi connectivity index (χ1n) is 9.12. The summed E-state index contributed by atoms with van der Waals surface area (Å²) in [6, 6.07) is 13.1. The number of carbonyl (C=O) groups is 1. The SMILES string of the molecule is COc1ccc(C(=O)C[n+]2c(N)n(CCN(C)C)c3ccccc32)cc1OC. The Morgan fingerprint density at radius 2 is 1.82 bits per heavy atom. The van der Waals surface area contributed by atoms with E-state index in [1.807, 2.05) is 42.9 Å². The number of imidazole rings is 1. The smallest absolute Gasteiger partial charge is 0.356 e. The molecule has 1 heterocycles. The van der Waals surface area contributed by atoms with Gasteiger partial charge in [0.25, 0.3) is 0 Å². The normalized spacial score (nSPS) is 11.2. The first-order chi connectivity index (χ1) is 13.5. The molecular formula is C21H27N4O3+. The highest BCUT2D eigenvalue weighted by atomic mass is 16.5. The van der Waals surface area contributed by atoms with Crippen LogP contribution in [-0.4, -0.2) is 50.1 Å². The molecular weight excluding hydrogens is 356 g/mol. The number of methoxy groups -OCH3 is 2. The van der Waals surface area contributed by atoms with Crippen molar-refractivity contribution in [3.05, 3.63) is 48.0 Å². The predicted octanol–water partition coefficient (Wildman–Crippen LogP) is 1.97. The highest BCUT2D eigenvalue weighted by molar-refractivity contribution is 5.96. The number of rotatable bonds is 8. The molecule has 0 fully saturated rings. The van der Waals surface area contributed by atoms with Crippen LogP contribution in [-0.2, 0) is 13.1 Å². The maximum Gasteiger partial charge on any atom is 0.356 e. The zero-order chi connectivity index (χ0) is 20.3. The molecule has 0 radical (unpaired) electrons. The monoisotopic (exact) mass is 383 g/mol. The fourth-order valence-electron chi connectivity index (χ4n) is 3.26. The number of nitrogens with zero attached hydrogens (tertiary/aromatic N) is 3. The number of ether oxygens (including phenoxy) is 2. The van der Waals surface area contributed by atoms with Gasteiger partial charge in [-0.05, 0) is 44.4 Å². The lowest BCUT2D eigenvalue weighted by Crippen LogP contribution is -2.40. The quantitative estimate of drug-likeness (QED) is 0.476. The van der Waals surface area contributed by atoms with E-state index in [1.165, 1.54) is 0 Å². The van der Waals surface area contributed by atoms with E-state index in [9.17, 15) is 4.79 Å². The van der Waals surface area contributed by atoms with Crippen molar-refractivity contribution < 1.29 is 18.8 Å². The summed E-state index contributed by atoms with van der Waals surface area (Å²) in [5.74, 6) is 1.64. The topological polar surface area (TPSA) is 73.6 Å². The van der Waals surface area contributed by atoms with E-state index in [0.717, 1.165) is 24.1 Å².